The van der Waals surface area contributed by atoms with E-state index in [0.29, 0.717) is 6.54 Å². The van der Waals surface area contributed by atoms with E-state index in [-0.39, 0.29) is 6.04 Å². The molecule has 4 heteroatoms. The number of rotatable bonds is 6. The highest BCUT2D eigenvalue weighted by Gasteiger charge is 2.31. The van der Waals surface area contributed by atoms with Crippen LogP contribution in [0.3, 0.4) is 0 Å². The molecule has 1 aliphatic rings. The zero-order valence-electron chi connectivity index (χ0n) is 16.4. The standard InChI is InChI=1S/C24H28N4/c1-2-28-23-15-18(26)9-11-21(23)20-12-10-19(27-14-6-13-25)16-22(20)24(28)17-7-4-3-5-8-17/h3-5,7-12,15-16,24,27H,2,6,13-14,25-26H2,1H3. The van der Waals surface area contributed by atoms with E-state index in [9.17, 15) is 0 Å². The molecule has 4 nitrogen and oxygen atoms in total. The average Bonchev–Trinajstić information content (AvgIpc) is 2.73. The first kappa shape index (κ1) is 18.4. The zero-order chi connectivity index (χ0) is 19.5. The maximum Gasteiger partial charge on any atom is 0.0802 e. The minimum Gasteiger partial charge on any atom is -0.399 e. The van der Waals surface area contributed by atoms with Crippen molar-refractivity contribution >= 4 is 17.1 Å². The fraction of sp³-hybridized carbons (Fsp3) is 0.250. The van der Waals surface area contributed by atoms with Crippen LogP contribution in [0.1, 0.15) is 30.5 Å². The Labute approximate surface area is 167 Å². The monoisotopic (exact) mass is 372 g/mol. The van der Waals surface area contributed by atoms with Gasteiger partial charge in [-0.2, -0.15) is 0 Å². The van der Waals surface area contributed by atoms with Crippen molar-refractivity contribution in [2.45, 2.75) is 19.4 Å². The number of nitrogens with one attached hydrogen (secondary N) is 1. The molecular weight excluding hydrogens is 344 g/mol. The lowest BCUT2D eigenvalue weighted by Crippen LogP contribution is -2.33. The molecule has 144 valence electrons. The van der Waals surface area contributed by atoms with Gasteiger partial charge in [-0.25, -0.2) is 0 Å². The van der Waals surface area contributed by atoms with Crippen LogP contribution in [0, 0.1) is 0 Å². The van der Waals surface area contributed by atoms with E-state index in [2.05, 4.69) is 77.8 Å². The molecule has 0 aromatic heterocycles. The first-order valence-corrected chi connectivity index (χ1v) is 10.0. The molecule has 1 unspecified atom stereocenters. The van der Waals surface area contributed by atoms with Crippen LogP contribution >= 0.6 is 0 Å². The molecule has 0 saturated heterocycles. The van der Waals surface area contributed by atoms with Crippen LogP contribution in [0.4, 0.5) is 17.1 Å². The first-order chi connectivity index (χ1) is 13.7. The van der Waals surface area contributed by atoms with E-state index in [1.54, 1.807) is 0 Å². The molecule has 0 amide bonds. The average molecular weight is 373 g/mol. The summed E-state index contributed by atoms with van der Waals surface area (Å²) in [5.41, 5.74) is 20.1. The maximum atomic E-state index is 6.15. The molecule has 0 radical (unpaired) electrons. The molecule has 3 aromatic carbocycles. The van der Waals surface area contributed by atoms with Gasteiger partial charge in [-0.15, -0.1) is 0 Å². The molecular formula is C24H28N4. The third-order valence-electron chi connectivity index (χ3n) is 5.45. The molecule has 1 aliphatic heterocycles. The van der Waals surface area contributed by atoms with E-state index in [1.807, 2.05) is 6.07 Å². The van der Waals surface area contributed by atoms with Gasteiger partial charge in [0.2, 0.25) is 0 Å². The summed E-state index contributed by atoms with van der Waals surface area (Å²) in [6.07, 6.45) is 0.961. The highest BCUT2D eigenvalue weighted by molar-refractivity contribution is 5.88. The molecule has 4 rings (SSSR count). The summed E-state index contributed by atoms with van der Waals surface area (Å²) in [6, 6.07) is 23.8. The highest BCUT2D eigenvalue weighted by Crippen LogP contribution is 2.48. The Bertz CT molecular complexity index is 952. The lowest BCUT2D eigenvalue weighted by Gasteiger charge is -2.40. The number of nitrogens with two attached hydrogens (primary N) is 2. The summed E-state index contributed by atoms with van der Waals surface area (Å²) >= 11 is 0. The SMILES string of the molecule is CCN1c2cc(N)ccc2-c2ccc(NCCCN)cc2C1c1ccccc1. The van der Waals surface area contributed by atoms with Crippen LogP contribution in [0.2, 0.25) is 0 Å². The molecule has 0 fully saturated rings. The second kappa shape index (κ2) is 7.95. The van der Waals surface area contributed by atoms with Gasteiger partial charge in [-0.05, 0) is 60.8 Å². The number of benzene rings is 3. The van der Waals surface area contributed by atoms with Crippen molar-refractivity contribution < 1.29 is 0 Å². The summed E-state index contributed by atoms with van der Waals surface area (Å²) in [5.74, 6) is 0. The van der Waals surface area contributed by atoms with Gasteiger partial charge in [0.05, 0.1) is 6.04 Å². The summed E-state index contributed by atoms with van der Waals surface area (Å²) in [6.45, 7) is 4.69. The van der Waals surface area contributed by atoms with E-state index in [4.69, 9.17) is 11.5 Å². The van der Waals surface area contributed by atoms with Crippen molar-refractivity contribution in [3.63, 3.8) is 0 Å². The van der Waals surface area contributed by atoms with Gasteiger partial charge >= 0.3 is 0 Å². The van der Waals surface area contributed by atoms with Crippen LogP contribution in [0.25, 0.3) is 11.1 Å². The van der Waals surface area contributed by atoms with E-state index >= 15 is 0 Å². The largest absolute Gasteiger partial charge is 0.399 e. The fourth-order valence-corrected chi connectivity index (χ4v) is 4.15. The van der Waals surface area contributed by atoms with Crippen LogP contribution in [-0.4, -0.2) is 19.6 Å². The number of nitrogens with zero attached hydrogens (tertiary/aromatic N) is 1. The summed E-state index contributed by atoms with van der Waals surface area (Å²) < 4.78 is 0. The third kappa shape index (κ3) is 3.32. The van der Waals surface area contributed by atoms with Gasteiger partial charge in [-0.1, -0.05) is 42.5 Å². The lowest BCUT2D eigenvalue weighted by atomic mass is 9.84. The van der Waals surface area contributed by atoms with E-state index in [1.165, 1.54) is 27.9 Å². The molecule has 1 heterocycles. The molecule has 0 saturated carbocycles. The molecule has 0 aliphatic carbocycles. The quantitative estimate of drug-likeness (QED) is 0.436. The minimum atomic E-state index is 0.159. The number of hydrogen-bond acceptors (Lipinski definition) is 4. The number of fused-ring (bicyclic) bond motifs is 3. The molecule has 0 spiro atoms. The third-order valence-corrected chi connectivity index (χ3v) is 5.45. The molecule has 3 aromatic rings. The number of anilines is 3. The fourth-order valence-electron chi connectivity index (χ4n) is 4.15. The molecule has 28 heavy (non-hydrogen) atoms. The Morgan fingerprint density at radius 3 is 2.50 bits per heavy atom. The van der Waals surface area contributed by atoms with Gasteiger partial charge in [0, 0.05) is 35.7 Å². The maximum absolute atomic E-state index is 6.15. The summed E-state index contributed by atoms with van der Waals surface area (Å²) in [5, 5.41) is 3.52. The highest BCUT2D eigenvalue weighted by atomic mass is 15.2. The normalized spacial score (nSPS) is 15.1. The molecule has 0 bridgehead atoms. The summed E-state index contributed by atoms with van der Waals surface area (Å²) in [4.78, 5) is 2.45. The van der Waals surface area contributed by atoms with Crippen molar-refractivity contribution in [3.05, 3.63) is 77.9 Å². The van der Waals surface area contributed by atoms with Crippen LogP contribution in [-0.2, 0) is 0 Å². The van der Waals surface area contributed by atoms with Crippen molar-refractivity contribution in [3.8, 4) is 11.1 Å². The van der Waals surface area contributed by atoms with Crippen LogP contribution < -0.4 is 21.7 Å². The van der Waals surface area contributed by atoms with E-state index < -0.39 is 0 Å². The Morgan fingerprint density at radius 1 is 0.964 bits per heavy atom. The number of hydrogen-bond donors (Lipinski definition) is 3. The smallest absolute Gasteiger partial charge is 0.0802 e. The van der Waals surface area contributed by atoms with Crippen LogP contribution in [0.15, 0.2) is 66.7 Å². The van der Waals surface area contributed by atoms with Gasteiger partial charge < -0.3 is 21.7 Å². The van der Waals surface area contributed by atoms with E-state index in [0.717, 1.165) is 30.9 Å². The predicted octanol–water partition coefficient (Wildman–Crippen LogP) is 4.63. The van der Waals surface area contributed by atoms with Crippen molar-refractivity contribution in [1.82, 2.24) is 0 Å². The predicted molar refractivity (Wildman–Crippen MR) is 120 cm³/mol. The van der Waals surface area contributed by atoms with Crippen molar-refractivity contribution in [2.75, 3.05) is 35.6 Å². The Morgan fingerprint density at radius 2 is 1.75 bits per heavy atom. The van der Waals surface area contributed by atoms with Gasteiger partial charge in [-0.3, -0.25) is 0 Å². The van der Waals surface area contributed by atoms with Gasteiger partial charge in [0.1, 0.15) is 0 Å². The van der Waals surface area contributed by atoms with Crippen LogP contribution in [0.5, 0.6) is 0 Å². The first-order valence-electron chi connectivity index (χ1n) is 10.0. The van der Waals surface area contributed by atoms with Crippen molar-refractivity contribution in [1.29, 1.82) is 0 Å². The lowest BCUT2D eigenvalue weighted by molar-refractivity contribution is 0.719. The molecule has 5 N–H and O–H groups in total. The van der Waals surface area contributed by atoms with Gasteiger partial charge in [0.15, 0.2) is 0 Å². The minimum absolute atomic E-state index is 0.159. The van der Waals surface area contributed by atoms with Gasteiger partial charge in [0.25, 0.3) is 0 Å². The second-order valence-electron chi connectivity index (χ2n) is 7.25. The zero-order valence-corrected chi connectivity index (χ0v) is 16.4. The number of nitrogen functional groups attached to an aromatic ring is 1. The Hall–Kier alpha value is -2.98. The summed E-state index contributed by atoms with van der Waals surface area (Å²) in [7, 11) is 0. The Balaban J connectivity index is 1.87. The molecule has 1 atom stereocenters. The second-order valence-corrected chi connectivity index (χ2v) is 7.25. The van der Waals surface area contributed by atoms with Crippen molar-refractivity contribution in [2.24, 2.45) is 5.73 Å². The Kier molecular flexibility index (Phi) is 5.22. The topological polar surface area (TPSA) is 67.3 Å².